The lowest BCUT2D eigenvalue weighted by molar-refractivity contribution is 0.0803. The molecular weight excluding hydrogens is 168 g/mol. The minimum atomic E-state index is -0.115. The molecule has 0 amide bonds. The van der Waals surface area contributed by atoms with E-state index in [1.54, 1.807) is 0 Å². The first-order valence-corrected chi connectivity index (χ1v) is 4.88. The lowest BCUT2D eigenvalue weighted by Crippen LogP contribution is -2.29. The van der Waals surface area contributed by atoms with Crippen LogP contribution in [-0.2, 0) is 4.18 Å². The molecule has 12 heavy (non-hydrogen) atoms. The molecule has 1 unspecified atom stereocenters. The molecule has 0 aromatic heterocycles. The molecule has 1 atom stereocenters. The van der Waals surface area contributed by atoms with E-state index in [1.165, 1.54) is 0 Å². The average molecular weight is 190 g/mol. The third kappa shape index (κ3) is 4.36. The summed E-state index contributed by atoms with van der Waals surface area (Å²) in [6.07, 6.45) is 1.04. The largest absolute Gasteiger partial charge is 0.313 e. The van der Waals surface area contributed by atoms with E-state index in [1.807, 2.05) is 0 Å². The van der Waals surface area contributed by atoms with Crippen LogP contribution in [-0.4, -0.2) is 5.60 Å². The van der Waals surface area contributed by atoms with Gasteiger partial charge >= 0.3 is 0 Å². The molecule has 0 N–H and O–H groups in total. The lowest BCUT2D eigenvalue weighted by Gasteiger charge is -2.33. The van der Waals surface area contributed by atoms with Crippen LogP contribution >= 0.6 is 12.9 Å². The maximum absolute atomic E-state index is 5.10. The Bertz CT molecular complexity index is 135. The normalized spacial score (nSPS) is 16.2. The van der Waals surface area contributed by atoms with Gasteiger partial charge in [0.2, 0.25) is 0 Å². The summed E-state index contributed by atoms with van der Waals surface area (Å²) in [5, 5.41) is 0. The Morgan fingerprint density at radius 1 is 1.17 bits per heavy atom. The molecule has 0 spiro atoms. The average Bonchev–Trinajstić information content (AvgIpc) is 1.85. The summed E-state index contributed by atoms with van der Waals surface area (Å²) in [5.41, 5.74) is 0.236. The second-order valence-corrected chi connectivity index (χ2v) is 5.50. The van der Waals surface area contributed by atoms with Gasteiger partial charge in [-0.25, -0.2) is 0 Å². The Morgan fingerprint density at radius 3 is 1.83 bits per heavy atom. The second-order valence-electron chi connectivity index (χ2n) is 5.32. The van der Waals surface area contributed by atoms with Gasteiger partial charge in [-0.15, -0.1) is 0 Å². The third-order valence-electron chi connectivity index (χ3n) is 2.52. The van der Waals surface area contributed by atoms with E-state index in [-0.39, 0.29) is 5.60 Å². The zero-order valence-electron chi connectivity index (χ0n) is 9.14. The maximum Gasteiger partial charge on any atom is 0.0772 e. The minimum Gasteiger partial charge on any atom is -0.313 e. The SMILES string of the molecule is CC(CC(C)(C)OS)C(C)(C)C. The molecule has 0 aliphatic carbocycles. The van der Waals surface area contributed by atoms with Gasteiger partial charge in [0.15, 0.2) is 0 Å². The monoisotopic (exact) mass is 190 g/mol. The van der Waals surface area contributed by atoms with Gasteiger partial charge in [0, 0.05) is 0 Å². The van der Waals surface area contributed by atoms with Crippen molar-refractivity contribution >= 4 is 12.9 Å². The van der Waals surface area contributed by atoms with Crippen LogP contribution in [0.15, 0.2) is 0 Å². The molecule has 0 rings (SSSR count). The smallest absolute Gasteiger partial charge is 0.0772 e. The highest BCUT2D eigenvalue weighted by atomic mass is 32.1. The predicted octanol–water partition coefficient (Wildman–Crippen LogP) is 3.70. The lowest BCUT2D eigenvalue weighted by atomic mass is 9.76. The zero-order valence-corrected chi connectivity index (χ0v) is 10.0. The first-order chi connectivity index (χ1) is 5.19. The summed E-state index contributed by atoms with van der Waals surface area (Å²) >= 11 is 3.87. The van der Waals surface area contributed by atoms with Gasteiger partial charge in [-0.2, -0.15) is 0 Å². The van der Waals surface area contributed by atoms with E-state index in [2.05, 4.69) is 54.5 Å². The van der Waals surface area contributed by atoms with Crippen LogP contribution in [0.4, 0.5) is 0 Å². The fraction of sp³-hybridized carbons (Fsp3) is 1.00. The van der Waals surface area contributed by atoms with Gasteiger partial charge < -0.3 is 4.18 Å². The number of hydrogen-bond acceptors (Lipinski definition) is 2. The highest BCUT2D eigenvalue weighted by molar-refractivity contribution is 7.75. The molecule has 2 heteroatoms. The van der Waals surface area contributed by atoms with Gasteiger partial charge in [-0.3, -0.25) is 0 Å². The summed E-state index contributed by atoms with van der Waals surface area (Å²) in [4.78, 5) is 0. The number of thiol groups is 1. The van der Waals surface area contributed by atoms with E-state index < -0.39 is 0 Å². The molecule has 0 aromatic rings. The topological polar surface area (TPSA) is 9.23 Å². The molecule has 0 bridgehead atoms. The van der Waals surface area contributed by atoms with Crippen LogP contribution in [0.5, 0.6) is 0 Å². The van der Waals surface area contributed by atoms with Crippen molar-refractivity contribution in [3.63, 3.8) is 0 Å². The van der Waals surface area contributed by atoms with Gasteiger partial charge in [0.05, 0.1) is 5.60 Å². The van der Waals surface area contributed by atoms with Crippen molar-refractivity contribution in [2.75, 3.05) is 0 Å². The molecule has 0 saturated carbocycles. The van der Waals surface area contributed by atoms with Crippen molar-refractivity contribution in [1.29, 1.82) is 0 Å². The van der Waals surface area contributed by atoms with Gasteiger partial charge in [-0.05, 0) is 44.5 Å². The zero-order chi connectivity index (χ0) is 9.99. The van der Waals surface area contributed by atoms with Crippen LogP contribution < -0.4 is 0 Å². The van der Waals surface area contributed by atoms with Crippen molar-refractivity contribution in [3.05, 3.63) is 0 Å². The summed E-state index contributed by atoms with van der Waals surface area (Å²) in [6, 6.07) is 0. The van der Waals surface area contributed by atoms with E-state index in [4.69, 9.17) is 4.18 Å². The summed E-state index contributed by atoms with van der Waals surface area (Å²) in [6.45, 7) is 13.2. The Hall–Kier alpha value is 0.310. The van der Waals surface area contributed by atoms with Gasteiger partial charge in [0.1, 0.15) is 0 Å². The minimum absolute atomic E-state index is 0.115. The van der Waals surface area contributed by atoms with Crippen molar-refractivity contribution in [3.8, 4) is 0 Å². The number of hydrogen-bond donors (Lipinski definition) is 1. The Kier molecular flexibility index (Phi) is 4.12. The van der Waals surface area contributed by atoms with E-state index in [9.17, 15) is 0 Å². The van der Waals surface area contributed by atoms with Crippen molar-refractivity contribution in [2.45, 2.75) is 53.6 Å². The van der Waals surface area contributed by atoms with Crippen molar-refractivity contribution in [2.24, 2.45) is 11.3 Å². The van der Waals surface area contributed by atoms with Crippen LogP contribution in [0, 0.1) is 11.3 Å². The summed E-state index contributed by atoms with van der Waals surface area (Å²) in [5.74, 6) is 0.639. The molecule has 0 heterocycles. The highest BCUT2D eigenvalue weighted by Gasteiger charge is 2.28. The Balaban J connectivity index is 4.09. The van der Waals surface area contributed by atoms with Crippen LogP contribution in [0.3, 0.4) is 0 Å². The molecule has 1 nitrogen and oxygen atoms in total. The van der Waals surface area contributed by atoms with E-state index >= 15 is 0 Å². The quantitative estimate of drug-likeness (QED) is 0.527. The molecule has 0 saturated heterocycles. The molecule has 0 aromatic carbocycles. The maximum atomic E-state index is 5.10. The van der Waals surface area contributed by atoms with Crippen molar-refractivity contribution in [1.82, 2.24) is 0 Å². The molecular formula is C10H22OS. The fourth-order valence-electron chi connectivity index (χ4n) is 1.08. The van der Waals surface area contributed by atoms with E-state index in [0.717, 1.165) is 6.42 Å². The summed E-state index contributed by atoms with van der Waals surface area (Å²) in [7, 11) is 0. The summed E-state index contributed by atoms with van der Waals surface area (Å²) < 4.78 is 5.10. The standard InChI is InChI=1S/C10H22OS/c1-8(9(2,3)4)7-10(5,6)11-12/h8,12H,7H2,1-6H3. The van der Waals surface area contributed by atoms with Gasteiger partial charge in [-0.1, -0.05) is 27.7 Å². The van der Waals surface area contributed by atoms with Crippen LogP contribution in [0.25, 0.3) is 0 Å². The predicted molar refractivity (Wildman–Crippen MR) is 57.4 cm³/mol. The molecule has 0 fully saturated rings. The van der Waals surface area contributed by atoms with Crippen molar-refractivity contribution < 1.29 is 4.18 Å². The third-order valence-corrected chi connectivity index (χ3v) is 3.02. The Labute approximate surface area is 82.5 Å². The Morgan fingerprint density at radius 2 is 1.58 bits per heavy atom. The highest BCUT2D eigenvalue weighted by Crippen LogP contribution is 2.33. The van der Waals surface area contributed by atoms with Crippen LogP contribution in [0.1, 0.15) is 48.0 Å². The second kappa shape index (κ2) is 4.01. The van der Waals surface area contributed by atoms with Gasteiger partial charge in [0.25, 0.3) is 0 Å². The van der Waals surface area contributed by atoms with E-state index in [0.29, 0.717) is 11.3 Å². The van der Waals surface area contributed by atoms with Crippen LogP contribution in [0.2, 0.25) is 0 Å². The molecule has 0 aliphatic rings. The fourth-order valence-corrected chi connectivity index (χ4v) is 1.16. The number of rotatable bonds is 3. The molecule has 74 valence electrons. The molecule has 0 aliphatic heterocycles. The molecule has 0 radical (unpaired) electrons. The first-order valence-electron chi connectivity index (χ1n) is 4.51. The first kappa shape index (κ1) is 12.3.